The Morgan fingerprint density at radius 1 is 1.19 bits per heavy atom. The number of hydrogen-bond acceptors (Lipinski definition) is 6. The van der Waals surface area contributed by atoms with E-state index in [0.717, 1.165) is 16.3 Å². The smallest absolute Gasteiger partial charge is 0.243 e. The maximum Gasteiger partial charge on any atom is 0.243 e. The van der Waals surface area contributed by atoms with Crippen molar-refractivity contribution >= 4 is 33.4 Å². The number of nitrogens with zero attached hydrogens (tertiary/aromatic N) is 1. The van der Waals surface area contributed by atoms with Crippen LogP contribution in [-0.2, 0) is 26.0 Å². The molecule has 1 saturated heterocycles. The number of rotatable bonds is 9. The molecule has 0 bridgehead atoms. The third-order valence-electron chi connectivity index (χ3n) is 4.94. The quantitative estimate of drug-likeness (QED) is 0.573. The van der Waals surface area contributed by atoms with Gasteiger partial charge in [0.05, 0.1) is 30.9 Å². The topological polar surface area (TPSA) is 84.9 Å². The summed E-state index contributed by atoms with van der Waals surface area (Å²) in [6.07, 6.45) is 0.576. The lowest BCUT2D eigenvalue weighted by atomic mass is 10.1. The van der Waals surface area contributed by atoms with Crippen molar-refractivity contribution in [2.75, 3.05) is 44.5 Å². The van der Waals surface area contributed by atoms with Crippen LogP contribution < -0.4 is 10.1 Å². The highest BCUT2D eigenvalue weighted by atomic mass is 32.2. The first-order valence-electron chi connectivity index (χ1n) is 10.2. The second-order valence-corrected chi connectivity index (χ2v) is 10.2. The number of sulfonamides is 1. The van der Waals surface area contributed by atoms with Crippen LogP contribution in [0.3, 0.4) is 0 Å². The molecule has 168 valence electrons. The molecule has 1 N–H and O–H groups in total. The summed E-state index contributed by atoms with van der Waals surface area (Å²) in [6, 6.07) is 12.5. The number of aryl methyl sites for hydroxylation is 1. The third-order valence-corrected chi connectivity index (χ3v) is 7.79. The van der Waals surface area contributed by atoms with Gasteiger partial charge in [-0.3, -0.25) is 4.79 Å². The summed E-state index contributed by atoms with van der Waals surface area (Å²) in [5.74, 6) is 1.34. The first kappa shape index (κ1) is 23.6. The van der Waals surface area contributed by atoms with Gasteiger partial charge in [-0.05, 0) is 48.1 Å². The second-order valence-electron chi connectivity index (χ2n) is 6.97. The Balaban J connectivity index is 1.72. The molecule has 3 rings (SSSR count). The van der Waals surface area contributed by atoms with Gasteiger partial charge < -0.3 is 14.8 Å². The summed E-state index contributed by atoms with van der Waals surface area (Å²) in [7, 11) is -2.08. The number of thioether (sulfide) groups is 1. The molecule has 0 radical (unpaired) electrons. The Kier molecular flexibility index (Phi) is 8.36. The van der Waals surface area contributed by atoms with Crippen molar-refractivity contribution in [3.63, 3.8) is 0 Å². The van der Waals surface area contributed by atoms with E-state index in [0.29, 0.717) is 44.0 Å². The molecule has 1 aliphatic heterocycles. The highest BCUT2D eigenvalue weighted by Crippen LogP contribution is 2.28. The molecule has 31 heavy (non-hydrogen) atoms. The molecule has 1 fully saturated rings. The monoisotopic (exact) mass is 464 g/mol. The fourth-order valence-corrected chi connectivity index (χ4v) is 5.58. The van der Waals surface area contributed by atoms with Crippen molar-refractivity contribution in [2.45, 2.75) is 29.6 Å². The van der Waals surface area contributed by atoms with Gasteiger partial charge in [0.25, 0.3) is 0 Å². The first-order valence-corrected chi connectivity index (χ1v) is 12.6. The number of methoxy groups -OCH3 is 1. The second kappa shape index (κ2) is 11.0. The van der Waals surface area contributed by atoms with E-state index in [2.05, 4.69) is 12.2 Å². The van der Waals surface area contributed by atoms with Crippen LogP contribution in [0.4, 0.5) is 5.69 Å². The van der Waals surface area contributed by atoms with E-state index in [1.54, 1.807) is 30.0 Å². The average Bonchev–Trinajstić information content (AvgIpc) is 2.79. The summed E-state index contributed by atoms with van der Waals surface area (Å²) >= 11 is 1.67. The van der Waals surface area contributed by atoms with Gasteiger partial charge in [-0.25, -0.2) is 8.42 Å². The zero-order valence-electron chi connectivity index (χ0n) is 17.8. The lowest BCUT2D eigenvalue weighted by Gasteiger charge is -2.26. The predicted molar refractivity (Wildman–Crippen MR) is 122 cm³/mol. The lowest BCUT2D eigenvalue weighted by Crippen LogP contribution is -2.40. The van der Waals surface area contributed by atoms with E-state index in [1.165, 1.54) is 11.4 Å². The van der Waals surface area contributed by atoms with E-state index in [9.17, 15) is 13.2 Å². The Bertz CT molecular complexity index is 1000. The van der Waals surface area contributed by atoms with Gasteiger partial charge >= 0.3 is 0 Å². The van der Waals surface area contributed by atoms with Gasteiger partial charge in [0.1, 0.15) is 5.75 Å². The van der Waals surface area contributed by atoms with Gasteiger partial charge in [-0.2, -0.15) is 4.31 Å². The third kappa shape index (κ3) is 6.00. The molecular weight excluding hydrogens is 436 g/mol. The molecule has 0 spiro atoms. The van der Waals surface area contributed by atoms with Gasteiger partial charge in [0.15, 0.2) is 0 Å². The number of amides is 1. The fourth-order valence-electron chi connectivity index (χ4n) is 3.36. The molecule has 1 heterocycles. The number of morpholine rings is 1. The lowest BCUT2D eigenvalue weighted by molar-refractivity contribution is -0.116. The summed E-state index contributed by atoms with van der Waals surface area (Å²) in [4.78, 5) is 13.8. The molecule has 0 saturated carbocycles. The van der Waals surface area contributed by atoms with Crippen LogP contribution in [0.15, 0.2) is 52.3 Å². The van der Waals surface area contributed by atoms with Crippen LogP contribution >= 0.6 is 11.8 Å². The van der Waals surface area contributed by atoms with E-state index in [4.69, 9.17) is 9.47 Å². The van der Waals surface area contributed by atoms with E-state index >= 15 is 0 Å². The minimum Gasteiger partial charge on any atom is -0.496 e. The highest BCUT2D eigenvalue weighted by molar-refractivity contribution is 7.99. The van der Waals surface area contributed by atoms with Crippen LogP contribution in [0.2, 0.25) is 0 Å². The normalized spacial score (nSPS) is 14.9. The van der Waals surface area contributed by atoms with Crippen molar-refractivity contribution < 1.29 is 22.7 Å². The maximum absolute atomic E-state index is 13.0. The number of ether oxygens (including phenoxy) is 2. The van der Waals surface area contributed by atoms with Crippen molar-refractivity contribution in [1.82, 2.24) is 4.31 Å². The van der Waals surface area contributed by atoms with Gasteiger partial charge in [0.2, 0.25) is 15.9 Å². The molecule has 0 unspecified atom stereocenters. The Hall–Kier alpha value is -2.07. The Morgan fingerprint density at radius 3 is 2.65 bits per heavy atom. The molecule has 0 aliphatic carbocycles. The molecule has 9 heteroatoms. The largest absolute Gasteiger partial charge is 0.496 e. The van der Waals surface area contributed by atoms with E-state index < -0.39 is 10.0 Å². The zero-order valence-corrected chi connectivity index (χ0v) is 19.4. The number of para-hydroxylation sites is 1. The molecule has 0 atom stereocenters. The van der Waals surface area contributed by atoms with Gasteiger partial charge in [-0.1, -0.05) is 19.1 Å². The van der Waals surface area contributed by atoms with E-state index in [-0.39, 0.29) is 17.2 Å². The number of benzene rings is 2. The van der Waals surface area contributed by atoms with Crippen LogP contribution in [0.5, 0.6) is 5.75 Å². The van der Waals surface area contributed by atoms with Crippen LogP contribution in [0.1, 0.15) is 18.9 Å². The van der Waals surface area contributed by atoms with E-state index in [1.807, 2.05) is 24.3 Å². The number of carbonyl (C=O) groups is 1. The van der Waals surface area contributed by atoms with Crippen LogP contribution in [-0.4, -0.2) is 57.8 Å². The minimum absolute atomic E-state index is 0.132. The molecule has 7 nitrogen and oxygen atoms in total. The molecule has 0 aromatic heterocycles. The fraction of sp³-hybridized carbons (Fsp3) is 0.409. The highest BCUT2D eigenvalue weighted by Gasteiger charge is 2.27. The SMILES string of the molecule is CCSc1ccccc1NC(=O)CCc1cc(S(=O)(=O)N2CCOCC2)ccc1OC. The molecule has 2 aromatic carbocycles. The standard InChI is InChI=1S/C22H28N2O5S2/c1-3-30-21-7-5-4-6-19(21)23-22(25)11-8-17-16-18(9-10-20(17)28-2)31(26,27)24-12-14-29-15-13-24/h4-7,9-10,16H,3,8,11-15H2,1-2H3,(H,23,25). The number of hydrogen-bond donors (Lipinski definition) is 1. The maximum atomic E-state index is 13.0. The molecular formula is C22H28N2O5S2. The summed E-state index contributed by atoms with van der Waals surface area (Å²) < 4.78 is 38.0. The Morgan fingerprint density at radius 2 is 1.94 bits per heavy atom. The van der Waals surface area contributed by atoms with Crippen molar-refractivity contribution in [3.05, 3.63) is 48.0 Å². The van der Waals surface area contributed by atoms with Crippen LogP contribution in [0.25, 0.3) is 0 Å². The molecule has 1 amide bonds. The number of anilines is 1. The minimum atomic E-state index is -3.61. The summed E-state index contributed by atoms with van der Waals surface area (Å²) in [5.41, 5.74) is 1.47. The summed E-state index contributed by atoms with van der Waals surface area (Å²) in [5, 5.41) is 2.96. The van der Waals surface area contributed by atoms with Crippen LogP contribution in [0, 0.1) is 0 Å². The van der Waals surface area contributed by atoms with Crippen molar-refractivity contribution in [1.29, 1.82) is 0 Å². The zero-order chi connectivity index (χ0) is 22.3. The molecule has 1 aliphatic rings. The number of carbonyl (C=O) groups excluding carboxylic acids is 1. The molecule has 2 aromatic rings. The summed E-state index contributed by atoms with van der Waals surface area (Å²) in [6.45, 7) is 3.51. The van der Waals surface area contributed by atoms with Gasteiger partial charge in [0, 0.05) is 24.4 Å². The first-order chi connectivity index (χ1) is 15.0. The number of nitrogens with one attached hydrogen (secondary N) is 1. The predicted octanol–water partition coefficient (Wildman–Crippen LogP) is 3.40. The van der Waals surface area contributed by atoms with Gasteiger partial charge in [-0.15, -0.1) is 11.8 Å². The van der Waals surface area contributed by atoms with Crippen molar-refractivity contribution in [2.24, 2.45) is 0 Å². The van der Waals surface area contributed by atoms with Crippen molar-refractivity contribution in [3.8, 4) is 5.75 Å². The Labute approximate surface area is 188 Å². The average molecular weight is 465 g/mol.